The minimum Gasteiger partial charge on any atom is -0.353 e. The van der Waals surface area contributed by atoms with Crippen LogP contribution in [0, 0.1) is 11.8 Å². The van der Waals surface area contributed by atoms with E-state index in [1.807, 2.05) is 0 Å². The van der Waals surface area contributed by atoms with Gasteiger partial charge in [-0.05, 0) is 50.6 Å². The van der Waals surface area contributed by atoms with Gasteiger partial charge in [0.05, 0.1) is 0 Å². The standard InChI is InChI=1S/C19H29N3O/c1-14(21-19(23)16-7-8-18(20)11-16)17-9-10-22(13-17)12-15-5-3-2-4-6-15/h2-6,14,16-18H,7-13,20H2,1H3,(H,21,23). The lowest BCUT2D eigenvalue weighted by Gasteiger charge is -2.23. The van der Waals surface area contributed by atoms with Crippen molar-refractivity contribution in [2.45, 2.75) is 51.2 Å². The maximum absolute atomic E-state index is 12.4. The number of amides is 1. The summed E-state index contributed by atoms with van der Waals surface area (Å²) in [4.78, 5) is 14.8. The van der Waals surface area contributed by atoms with Gasteiger partial charge in [0.2, 0.25) is 5.91 Å². The second kappa shape index (κ2) is 7.45. The van der Waals surface area contributed by atoms with E-state index in [4.69, 9.17) is 5.73 Å². The van der Waals surface area contributed by atoms with Gasteiger partial charge in [-0.2, -0.15) is 0 Å². The molecule has 1 aliphatic heterocycles. The van der Waals surface area contributed by atoms with Crippen LogP contribution >= 0.6 is 0 Å². The molecule has 1 saturated heterocycles. The minimum absolute atomic E-state index is 0.134. The first-order chi connectivity index (χ1) is 11.1. The largest absolute Gasteiger partial charge is 0.353 e. The third-order valence-corrected chi connectivity index (χ3v) is 5.48. The van der Waals surface area contributed by atoms with Gasteiger partial charge in [0.15, 0.2) is 0 Å². The second-order valence-corrected chi connectivity index (χ2v) is 7.34. The number of hydrogen-bond donors (Lipinski definition) is 2. The Balaban J connectivity index is 1.45. The van der Waals surface area contributed by atoms with Crippen LogP contribution in [0.1, 0.15) is 38.2 Å². The van der Waals surface area contributed by atoms with Gasteiger partial charge in [-0.15, -0.1) is 0 Å². The molecule has 2 fully saturated rings. The molecule has 4 heteroatoms. The van der Waals surface area contributed by atoms with Crippen molar-refractivity contribution < 1.29 is 4.79 Å². The lowest BCUT2D eigenvalue weighted by atomic mass is 9.99. The SMILES string of the molecule is CC(NC(=O)C1CCC(N)C1)C1CCN(Cc2ccccc2)C1. The molecular formula is C19H29N3O. The van der Waals surface area contributed by atoms with Crippen molar-refractivity contribution in [2.75, 3.05) is 13.1 Å². The minimum atomic E-state index is 0.134. The molecule has 0 bridgehead atoms. The Hall–Kier alpha value is -1.39. The van der Waals surface area contributed by atoms with Crippen molar-refractivity contribution in [1.29, 1.82) is 0 Å². The van der Waals surface area contributed by atoms with E-state index in [9.17, 15) is 4.79 Å². The van der Waals surface area contributed by atoms with E-state index in [0.717, 1.165) is 38.9 Å². The van der Waals surface area contributed by atoms with Crippen LogP contribution in [0.3, 0.4) is 0 Å². The Labute approximate surface area is 139 Å². The second-order valence-electron chi connectivity index (χ2n) is 7.34. The molecule has 3 rings (SSSR count). The van der Waals surface area contributed by atoms with E-state index in [1.165, 1.54) is 12.0 Å². The van der Waals surface area contributed by atoms with E-state index in [1.54, 1.807) is 0 Å². The fourth-order valence-corrected chi connectivity index (χ4v) is 3.97. The molecule has 0 aromatic heterocycles. The molecule has 4 nitrogen and oxygen atoms in total. The number of rotatable bonds is 5. The van der Waals surface area contributed by atoms with Crippen molar-refractivity contribution >= 4 is 5.91 Å². The molecule has 1 heterocycles. The van der Waals surface area contributed by atoms with Gasteiger partial charge in [0, 0.05) is 31.1 Å². The monoisotopic (exact) mass is 315 g/mol. The van der Waals surface area contributed by atoms with Gasteiger partial charge in [0.25, 0.3) is 0 Å². The van der Waals surface area contributed by atoms with Crippen molar-refractivity contribution in [3.8, 4) is 0 Å². The molecule has 1 saturated carbocycles. The van der Waals surface area contributed by atoms with E-state index in [0.29, 0.717) is 5.92 Å². The van der Waals surface area contributed by atoms with Crippen molar-refractivity contribution in [1.82, 2.24) is 10.2 Å². The van der Waals surface area contributed by atoms with Gasteiger partial charge < -0.3 is 11.1 Å². The third-order valence-electron chi connectivity index (χ3n) is 5.48. The highest BCUT2D eigenvalue weighted by atomic mass is 16.1. The summed E-state index contributed by atoms with van der Waals surface area (Å²) in [6.45, 7) is 5.35. The van der Waals surface area contributed by atoms with Gasteiger partial charge in [-0.1, -0.05) is 30.3 Å². The first-order valence-corrected chi connectivity index (χ1v) is 8.94. The van der Waals surface area contributed by atoms with E-state index < -0.39 is 0 Å². The summed E-state index contributed by atoms with van der Waals surface area (Å²) in [5.74, 6) is 0.902. The molecule has 23 heavy (non-hydrogen) atoms. The molecular weight excluding hydrogens is 286 g/mol. The number of likely N-dealkylation sites (tertiary alicyclic amines) is 1. The molecule has 2 aliphatic rings. The van der Waals surface area contributed by atoms with Crippen LogP contribution in [0.2, 0.25) is 0 Å². The van der Waals surface area contributed by atoms with E-state index in [-0.39, 0.29) is 23.9 Å². The van der Waals surface area contributed by atoms with Crippen LogP contribution in [0.25, 0.3) is 0 Å². The quantitative estimate of drug-likeness (QED) is 0.875. The van der Waals surface area contributed by atoms with Gasteiger partial charge >= 0.3 is 0 Å². The number of nitrogens with two attached hydrogens (primary N) is 1. The number of hydrogen-bond acceptors (Lipinski definition) is 3. The molecule has 1 aliphatic carbocycles. The summed E-state index contributed by atoms with van der Waals surface area (Å²) in [7, 11) is 0. The van der Waals surface area contributed by atoms with E-state index in [2.05, 4.69) is 47.5 Å². The zero-order valence-electron chi connectivity index (χ0n) is 14.1. The molecule has 126 valence electrons. The lowest BCUT2D eigenvalue weighted by Crippen LogP contribution is -2.42. The van der Waals surface area contributed by atoms with Crippen molar-refractivity contribution in [2.24, 2.45) is 17.6 Å². The average Bonchev–Trinajstić information content (AvgIpc) is 3.17. The summed E-state index contributed by atoms with van der Waals surface area (Å²) in [6, 6.07) is 11.1. The smallest absolute Gasteiger partial charge is 0.223 e. The maximum atomic E-state index is 12.4. The zero-order chi connectivity index (χ0) is 16.2. The molecule has 4 unspecified atom stereocenters. The molecule has 3 N–H and O–H groups in total. The number of benzene rings is 1. The lowest BCUT2D eigenvalue weighted by molar-refractivity contribution is -0.125. The Bertz CT molecular complexity index is 519. The van der Waals surface area contributed by atoms with Crippen LogP contribution in [-0.2, 0) is 11.3 Å². The molecule has 0 radical (unpaired) electrons. The highest BCUT2D eigenvalue weighted by molar-refractivity contribution is 5.79. The summed E-state index contributed by atoms with van der Waals surface area (Å²) in [6.07, 6.45) is 3.95. The third kappa shape index (κ3) is 4.33. The maximum Gasteiger partial charge on any atom is 0.223 e. The van der Waals surface area contributed by atoms with E-state index >= 15 is 0 Å². The van der Waals surface area contributed by atoms with Gasteiger partial charge in [-0.3, -0.25) is 9.69 Å². The van der Waals surface area contributed by atoms with Crippen LogP contribution < -0.4 is 11.1 Å². The fraction of sp³-hybridized carbons (Fsp3) is 0.632. The van der Waals surface area contributed by atoms with Crippen LogP contribution in [0.4, 0.5) is 0 Å². The predicted octanol–water partition coefficient (Wildman–Crippen LogP) is 2.14. The van der Waals surface area contributed by atoms with Crippen LogP contribution in [-0.4, -0.2) is 36.0 Å². The summed E-state index contributed by atoms with van der Waals surface area (Å²) >= 11 is 0. The topological polar surface area (TPSA) is 58.4 Å². The fourth-order valence-electron chi connectivity index (χ4n) is 3.97. The summed E-state index contributed by atoms with van der Waals surface area (Å²) in [5, 5.41) is 3.25. The molecule has 1 amide bonds. The molecule has 1 aromatic carbocycles. The highest BCUT2D eigenvalue weighted by Crippen LogP contribution is 2.26. The van der Waals surface area contributed by atoms with Crippen LogP contribution in [0.5, 0.6) is 0 Å². The first-order valence-electron chi connectivity index (χ1n) is 8.94. The molecule has 0 spiro atoms. The number of nitrogens with zero attached hydrogens (tertiary/aromatic N) is 1. The molecule has 4 atom stereocenters. The normalized spacial score (nSPS) is 29.6. The Morgan fingerprint density at radius 2 is 2.09 bits per heavy atom. The Kier molecular flexibility index (Phi) is 5.34. The predicted molar refractivity (Wildman–Crippen MR) is 92.7 cm³/mol. The first kappa shape index (κ1) is 16.5. The number of nitrogens with one attached hydrogen (secondary N) is 1. The van der Waals surface area contributed by atoms with Crippen molar-refractivity contribution in [3.63, 3.8) is 0 Å². The average molecular weight is 315 g/mol. The summed E-state index contributed by atoms with van der Waals surface area (Å²) < 4.78 is 0. The van der Waals surface area contributed by atoms with Gasteiger partial charge in [0.1, 0.15) is 0 Å². The number of carbonyl (C=O) groups is 1. The Morgan fingerprint density at radius 3 is 2.78 bits per heavy atom. The highest BCUT2D eigenvalue weighted by Gasteiger charge is 2.32. The summed E-state index contributed by atoms with van der Waals surface area (Å²) in [5.41, 5.74) is 7.29. The van der Waals surface area contributed by atoms with Crippen LogP contribution in [0.15, 0.2) is 30.3 Å². The Morgan fingerprint density at radius 1 is 1.30 bits per heavy atom. The molecule has 1 aromatic rings. The van der Waals surface area contributed by atoms with Crippen molar-refractivity contribution in [3.05, 3.63) is 35.9 Å². The number of carbonyl (C=O) groups excluding carboxylic acids is 1. The zero-order valence-corrected chi connectivity index (χ0v) is 14.1. The van der Waals surface area contributed by atoms with Gasteiger partial charge in [-0.25, -0.2) is 0 Å².